The topological polar surface area (TPSA) is 52.3 Å². The molecule has 20 heavy (non-hydrogen) atoms. The standard InChI is InChI=1S/C17H17NO2/c1-2-20-14-10-7-13(8-11-14)9-12-17(19)15-5-3-4-6-16(15)18/h3-12H,2,18H2,1H3/b12-9+. The summed E-state index contributed by atoms with van der Waals surface area (Å²) in [6, 6.07) is 14.6. The molecule has 2 rings (SSSR count). The average Bonchev–Trinajstić information content (AvgIpc) is 2.47. The molecule has 0 aliphatic carbocycles. The van der Waals surface area contributed by atoms with Crippen LogP contribution in [0.1, 0.15) is 22.8 Å². The third kappa shape index (κ3) is 3.48. The Bertz CT molecular complexity index is 615. The molecule has 0 amide bonds. The van der Waals surface area contributed by atoms with E-state index in [0.717, 1.165) is 11.3 Å². The number of hydrogen-bond acceptors (Lipinski definition) is 3. The van der Waals surface area contributed by atoms with Crippen molar-refractivity contribution in [2.24, 2.45) is 0 Å². The Kier molecular flexibility index (Phi) is 4.56. The molecule has 2 aromatic carbocycles. The first-order valence-corrected chi connectivity index (χ1v) is 6.50. The van der Waals surface area contributed by atoms with Crippen molar-refractivity contribution in [2.75, 3.05) is 12.3 Å². The second-order valence-electron chi connectivity index (χ2n) is 4.29. The molecule has 2 N–H and O–H groups in total. The van der Waals surface area contributed by atoms with Gasteiger partial charge in [-0.3, -0.25) is 4.79 Å². The fourth-order valence-electron chi connectivity index (χ4n) is 1.82. The summed E-state index contributed by atoms with van der Waals surface area (Å²) >= 11 is 0. The van der Waals surface area contributed by atoms with Crippen LogP contribution >= 0.6 is 0 Å². The molecule has 0 bridgehead atoms. The highest BCUT2D eigenvalue weighted by Gasteiger charge is 2.04. The van der Waals surface area contributed by atoms with E-state index in [2.05, 4.69) is 0 Å². The minimum atomic E-state index is -0.100. The summed E-state index contributed by atoms with van der Waals surface area (Å²) in [6.45, 7) is 2.58. The summed E-state index contributed by atoms with van der Waals surface area (Å²) < 4.78 is 5.36. The highest BCUT2D eigenvalue weighted by atomic mass is 16.5. The third-order valence-corrected chi connectivity index (χ3v) is 2.84. The number of hydrogen-bond donors (Lipinski definition) is 1. The second-order valence-corrected chi connectivity index (χ2v) is 4.29. The lowest BCUT2D eigenvalue weighted by molar-refractivity contribution is 0.104. The van der Waals surface area contributed by atoms with Crippen LogP contribution in [0, 0.1) is 0 Å². The maximum atomic E-state index is 12.0. The van der Waals surface area contributed by atoms with Crippen LogP contribution in [-0.2, 0) is 0 Å². The third-order valence-electron chi connectivity index (χ3n) is 2.84. The summed E-state index contributed by atoms with van der Waals surface area (Å²) in [7, 11) is 0. The summed E-state index contributed by atoms with van der Waals surface area (Å²) in [5.74, 6) is 0.722. The summed E-state index contributed by atoms with van der Waals surface area (Å²) in [5, 5.41) is 0. The van der Waals surface area contributed by atoms with Crippen LogP contribution in [0.4, 0.5) is 5.69 Å². The molecule has 3 heteroatoms. The Morgan fingerprint density at radius 1 is 1.15 bits per heavy atom. The molecule has 0 aliphatic heterocycles. The van der Waals surface area contributed by atoms with Gasteiger partial charge in [0.1, 0.15) is 5.75 Å². The van der Waals surface area contributed by atoms with Gasteiger partial charge >= 0.3 is 0 Å². The lowest BCUT2D eigenvalue weighted by Crippen LogP contribution is -1.99. The molecule has 0 radical (unpaired) electrons. The van der Waals surface area contributed by atoms with Crippen molar-refractivity contribution in [3.05, 3.63) is 65.7 Å². The van der Waals surface area contributed by atoms with Crippen LogP contribution in [0.25, 0.3) is 6.08 Å². The number of allylic oxidation sites excluding steroid dienone is 1. The van der Waals surface area contributed by atoms with E-state index in [-0.39, 0.29) is 5.78 Å². The van der Waals surface area contributed by atoms with Crippen molar-refractivity contribution in [1.82, 2.24) is 0 Å². The van der Waals surface area contributed by atoms with Crippen molar-refractivity contribution < 1.29 is 9.53 Å². The number of para-hydroxylation sites is 1. The first kappa shape index (κ1) is 13.9. The van der Waals surface area contributed by atoms with Gasteiger partial charge in [0.2, 0.25) is 0 Å². The van der Waals surface area contributed by atoms with E-state index in [1.54, 1.807) is 24.3 Å². The van der Waals surface area contributed by atoms with Gasteiger partial charge in [0.25, 0.3) is 0 Å². The quantitative estimate of drug-likeness (QED) is 0.512. The number of carbonyl (C=O) groups excluding carboxylic acids is 1. The zero-order valence-electron chi connectivity index (χ0n) is 11.4. The number of carbonyl (C=O) groups is 1. The SMILES string of the molecule is CCOc1ccc(/C=C/C(=O)c2ccccc2N)cc1. The predicted molar refractivity (Wildman–Crippen MR) is 81.8 cm³/mol. The van der Waals surface area contributed by atoms with Gasteiger partial charge in [-0.2, -0.15) is 0 Å². The Morgan fingerprint density at radius 3 is 2.50 bits per heavy atom. The first-order chi connectivity index (χ1) is 9.70. The maximum Gasteiger partial charge on any atom is 0.187 e. The largest absolute Gasteiger partial charge is 0.494 e. The number of benzene rings is 2. The molecular formula is C17H17NO2. The van der Waals surface area contributed by atoms with Crippen LogP contribution in [-0.4, -0.2) is 12.4 Å². The fraction of sp³-hybridized carbons (Fsp3) is 0.118. The van der Waals surface area contributed by atoms with Crippen LogP contribution in [0.15, 0.2) is 54.6 Å². The number of ether oxygens (including phenoxy) is 1. The van der Waals surface area contributed by atoms with Gasteiger partial charge < -0.3 is 10.5 Å². The molecule has 3 nitrogen and oxygen atoms in total. The van der Waals surface area contributed by atoms with Crippen molar-refractivity contribution in [2.45, 2.75) is 6.92 Å². The van der Waals surface area contributed by atoms with Gasteiger partial charge in [0, 0.05) is 11.3 Å². The van der Waals surface area contributed by atoms with Gasteiger partial charge in [-0.05, 0) is 42.8 Å². The number of rotatable bonds is 5. The molecule has 0 heterocycles. The molecule has 0 spiro atoms. The zero-order chi connectivity index (χ0) is 14.4. The Morgan fingerprint density at radius 2 is 1.85 bits per heavy atom. The van der Waals surface area contributed by atoms with Crippen LogP contribution in [0.3, 0.4) is 0 Å². The van der Waals surface area contributed by atoms with Crippen molar-refractivity contribution in [1.29, 1.82) is 0 Å². The van der Waals surface area contributed by atoms with E-state index in [1.807, 2.05) is 37.3 Å². The molecular weight excluding hydrogens is 250 g/mol. The van der Waals surface area contributed by atoms with Gasteiger partial charge in [0.15, 0.2) is 5.78 Å². The molecule has 0 atom stereocenters. The predicted octanol–water partition coefficient (Wildman–Crippen LogP) is 3.56. The Labute approximate surface area is 118 Å². The molecule has 102 valence electrons. The highest BCUT2D eigenvalue weighted by molar-refractivity contribution is 6.10. The molecule has 0 aromatic heterocycles. The summed E-state index contributed by atoms with van der Waals surface area (Å²) in [5.41, 5.74) is 7.73. The van der Waals surface area contributed by atoms with E-state index in [9.17, 15) is 4.79 Å². The van der Waals surface area contributed by atoms with Gasteiger partial charge in [0.05, 0.1) is 6.61 Å². The molecule has 0 saturated heterocycles. The number of anilines is 1. The van der Waals surface area contributed by atoms with E-state index < -0.39 is 0 Å². The molecule has 0 fully saturated rings. The van der Waals surface area contributed by atoms with Crippen molar-refractivity contribution >= 4 is 17.5 Å². The van der Waals surface area contributed by atoms with E-state index in [4.69, 9.17) is 10.5 Å². The lowest BCUT2D eigenvalue weighted by atomic mass is 10.1. The normalized spacial score (nSPS) is 10.7. The lowest BCUT2D eigenvalue weighted by Gasteiger charge is -2.02. The maximum absolute atomic E-state index is 12.0. The second kappa shape index (κ2) is 6.57. The average molecular weight is 267 g/mol. The summed E-state index contributed by atoms with van der Waals surface area (Å²) in [4.78, 5) is 12.0. The van der Waals surface area contributed by atoms with E-state index >= 15 is 0 Å². The molecule has 2 aromatic rings. The van der Waals surface area contributed by atoms with Gasteiger partial charge in [-0.25, -0.2) is 0 Å². The summed E-state index contributed by atoms with van der Waals surface area (Å²) in [6.07, 6.45) is 3.30. The minimum absolute atomic E-state index is 0.100. The van der Waals surface area contributed by atoms with Crippen molar-refractivity contribution in [3.8, 4) is 5.75 Å². The molecule has 0 saturated carbocycles. The smallest absolute Gasteiger partial charge is 0.187 e. The van der Waals surface area contributed by atoms with E-state index in [0.29, 0.717) is 17.9 Å². The van der Waals surface area contributed by atoms with Crippen LogP contribution in [0.5, 0.6) is 5.75 Å². The highest BCUT2D eigenvalue weighted by Crippen LogP contribution is 2.15. The molecule has 0 unspecified atom stereocenters. The zero-order valence-corrected chi connectivity index (χ0v) is 11.4. The number of ketones is 1. The van der Waals surface area contributed by atoms with Gasteiger partial charge in [-0.1, -0.05) is 30.3 Å². The fourth-order valence-corrected chi connectivity index (χ4v) is 1.82. The number of nitrogen functional groups attached to an aromatic ring is 1. The van der Waals surface area contributed by atoms with Crippen LogP contribution in [0.2, 0.25) is 0 Å². The Balaban J connectivity index is 2.09. The Hall–Kier alpha value is -2.55. The van der Waals surface area contributed by atoms with Gasteiger partial charge in [-0.15, -0.1) is 0 Å². The number of nitrogens with two attached hydrogens (primary N) is 1. The van der Waals surface area contributed by atoms with Crippen LogP contribution < -0.4 is 10.5 Å². The van der Waals surface area contributed by atoms with Crippen molar-refractivity contribution in [3.63, 3.8) is 0 Å². The molecule has 0 aliphatic rings. The van der Waals surface area contributed by atoms with E-state index in [1.165, 1.54) is 6.08 Å². The minimum Gasteiger partial charge on any atom is -0.494 e. The monoisotopic (exact) mass is 267 g/mol. The first-order valence-electron chi connectivity index (χ1n) is 6.50.